The molecule has 1 fully saturated rings. The van der Waals surface area contributed by atoms with E-state index in [0.717, 1.165) is 6.42 Å². The second-order valence-electron chi connectivity index (χ2n) is 4.79. The number of amides is 1. The van der Waals surface area contributed by atoms with Crippen LogP contribution in [0.5, 0.6) is 0 Å². The van der Waals surface area contributed by atoms with Gasteiger partial charge in [0.15, 0.2) is 0 Å². The number of hydrogen-bond acceptors (Lipinski definition) is 4. The molecular weight excluding hydrogens is 270 g/mol. The number of carbonyl (C=O) groups excluding carboxylic acids is 1. The van der Waals surface area contributed by atoms with E-state index in [2.05, 4.69) is 6.92 Å². The summed E-state index contributed by atoms with van der Waals surface area (Å²) in [4.78, 5) is 24.1. The van der Waals surface area contributed by atoms with Gasteiger partial charge in [0.25, 0.3) is 11.6 Å². The van der Waals surface area contributed by atoms with E-state index in [1.807, 2.05) is 0 Å². The first-order valence-corrected chi connectivity index (χ1v) is 6.30. The largest absolute Gasteiger partial charge is 0.392 e. The second kappa shape index (κ2) is 5.05. The van der Waals surface area contributed by atoms with Crippen molar-refractivity contribution in [2.75, 3.05) is 18.8 Å². The number of nitro benzene ring substituents is 1. The highest BCUT2D eigenvalue weighted by Gasteiger charge is 2.26. The molecule has 1 amide bonds. The number of anilines is 1. The molecule has 1 aliphatic rings. The fourth-order valence-electron chi connectivity index (χ4n) is 2.18. The Labute approximate surface area is 115 Å². The minimum absolute atomic E-state index is 0.0322. The molecule has 0 saturated carbocycles. The molecule has 1 saturated heterocycles. The Balaban J connectivity index is 2.35. The molecule has 7 heteroatoms. The zero-order chi connectivity index (χ0) is 14.2. The Morgan fingerprint density at radius 2 is 2.26 bits per heavy atom. The normalized spacial score (nSPS) is 18.6. The molecule has 1 aromatic carbocycles. The first-order valence-electron chi connectivity index (χ1n) is 5.93. The van der Waals surface area contributed by atoms with Crippen molar-refractivity contribution in [3.8, 4) is 0 Å². The molecule has 1 heterocycles. The van der Waals surface area contributed by atoms with Crippen LogP contribution in [0.3, 0.4) is 0 Å². The maximum absolute atomic E-state index is 12.2. The molecule has 1 atom stereocenters. The predicted octanol–water partition coefficient (Wildman–Crippen LogP) is 2.31. The highest BCUT2D eigenvalue weighted by molar-refractivity contribution is 6.34. The molecule has 0 spiro atoms. The monoisotopic (exact) mass is 283 g/mol. The lowest BCUT2D eigenvalue weighted by Gasteiger charge is -2.16. The summed E-state index contributed by atoms with van der Waals surface area (Å²) in [6, 6.07) is 2.57. The van der Waals surface area contributed by atoms with Crippen LogP contribution in [0.1, 0.15) is 23.7 Å². The van der Waals surface area contributed by atoms with Crippen LogP contribution < -0.4 is 5.73 Å². The average Bonchev–Trinajstić information content (AvgIpc) is 2.78. The number of benzene rings is 1. The highest BCUT2D eigenvalue weighted by Crippen LogP contribution is 2.31. The molecule has 2 rings (SSSR count). The predicted molar refractivity (Wildman–Crippen MR) is 72.2 cm³/mol. The first kappa shape index (κ1) is 13.6. The molecule has 2 N–H and O–H groups in total. The van der Waals surface area contributed by atoms with Crippen LogP contribution in [-0.4, -0.2) is 28.8 Å². The number of nitrogens with two attached hydrogens (primary N) is 1. The van der Waals surface area contributed by atoms with Crippen molar-refractivity contribution < 1.29 is 9.72 Å². The summed E-state index contributed by atoms with van der Waals surface area (Å²) >= 11 is 5.84. The molecule has 102 valence electrons. The number of halogens is 1. The average molecular weight is 284 g/mol. The van der Waals surface area contributed by atoms with E-state index in [9.17, 15) is 14.9 Å². The third kappa shape index (κ3) is 2.63. The summed E-state index contributed by atoms with van der Waals surface area (Å²) in [7, 11) is 0. The van der Waals surface area contributed by atoms with Gasteiger partial charge in [-0.15, -0.1) is 0 Å². The quantitative estimate of drug-likeness (QED) is 0.512. The van der Waals surface area contributed by atoms with Gasteiger partial charge in [0, 0.05) is 24.7 Å². The number of likely N-dealkylation sites (tertiary alicyclic amines) is 1. The van der Waals surface area contributed by atoms with E-state index >= 15 is 0 Å². The van der Waals surface area contributed by atoms with Gasteiger partial charge >= 0.3 is 0 Å². The molecule has 0 radical (unpaired) electrons. The highest BCUT2D eigenvalue weighted by atomic mass is 35.5. The molecule has 1 aliphatic heterocycles. The van der Waals surface area contributed by atoms with Crippen LogP contribution in [0.25, 0.3) is 0 Å². The van der Waals surface area contributed by atoms with Crippen LogP contribution in [0.15, 0.2) is 12.1 Å². The SMILES string of the molecule is CC1CCN(C(=O)c2cc(Cl)c(N)c([N+](=O)[O-])c2)C1. The second-order valence-corrected chi connectivity index (χ2v) is 5.20. The van der Waals surface area contributed by atoms with Gasteiger partial charge in [-0.25, -0.2) is 0 Å². The van der Waals surface area contributed by atoms with Crippen molar-refractivity contribution in [1.29, 1.82) is 0 Å². The van der Waals surface area contributed by atoms with E-state index in [1.165, 1.54) is 12.1 Å². The van der Waals surface area contributed by atoms with E-state index < -0.39 is 4.92 Å². The van der Waals surface area contributed by atoms with Gasteiger partial charge in [-0.2, -0.15) is 0 Å². The Morgan fingerprint density at radius 1 is 1.58 bits per heavy atom. The van der Waals surface area contributed by atoms with Crippen molar-refractivity contribution in [2.45, 2.75) is 13.3 Å². The van der Waals surface area contributed by atoms with Crippen molar-refractivity contribution in [1.82, 2.24) is 4.90 Å². The minimum Gasteiger partial charge on any atom is -0.392 e. The van der Waals surface area contributed by atoms with Crippen molar-refractivity contribution in [3.63, 3.8) is 0 Å². The van der Waals surface area contributed by atoms with Crippen LogP contribution in [-0.2, 0) is 0 Å². The van der Waals surface area contributed by atoms with E-state index in [0.29, 0.717) is 19.0 Å². The molecule has 0 bridgehead atoms. The maximum Gasteiger partial charge on any atom is 0.294 e. The Kier molecular flexibility index (Phi) is 3.61. The molecule has 19 heavy (non-hydrogen) atoms. The number of nitrogen functional groups attached to an aromatic ring is 1. The van der Waals surface area contributed by atoms with Gasteiger partial charge < -0.3 is 10.6 Å². The Hall–Kier alpha value is -1.82. The van der Waals surface area contributed by atoms with Crippen LogP contribution in [0, 0.1) is 16.0 Å². The minimum atomic E-state index is -0.634. The van der Waals surface area contributed by atoms with Gasteiger partial charge in [-0.1, -0.05) is 18.5 Å². The zero-order valence-corrected chi connectivity index (χ0v) is 11.2. The van der Waals surface area contributed by atoms with E-state index in [4.69, 9.17) is 17.3 Å². The standard InChI is InChI=1S/C12H14ClN3O3/c1-7-2-3-15(6-7)12(17)8-4-9(13)11(14)10(5-8)16(18)19/h4-5,7H,2-3,6,14H2,1H3. The van der Waals surface area contributed by atoms with Gasteiger partial charge in [0.05, 0.1) is 9.95 Å². The summed E-state index contributed by atoms with van der Waals surface area (Å²) in [5.41, 5.74) is 5.29. The van der Waals surface area contributed by atoms with Crippen LogP contribution in [0.2, 0.25) is 5.02 Å². The molecule has 6 nitrogen and oxygen atoms in total. The smallest absolute Gasteiger partial charge is 0.294 e. The van der Waals surface area contributed by atoms with Crippen molar-refractivity contribution >= 4 is 28.9 Å². The van der Waals surface area contributed by atoms with Crippen molar-refractivity contribution in [2.24, 2.45) is 5.92 Å². The van der Waals surface area contributed by atoms with Crippen molar-refractivity contribution in [3.05, 3.63) is 32.8 Å². The maximum atomic E-state index is 12.2. The molecule has 0 aromatic heterocycles. The topological polar surface area (TPSA) is 89.5 Å². The van der Waals surface area contributed by atoms with Crippen LogP contribution >= 0.6 is 11.6 Å². The Bertz CT molecular complexity index is 547. The zero-order valence-electron chi connectivity index (χ0n) is 10.4. The third-order valence-electron chi connectivity index (χ3n) is 3.26. The first-order chi connectivity index (χ1) is 8.90. The summed E-state index contributed by atoms with van der Waals surface area (Å²) in [5, 5.41) is 10.9. The number of rotatable bonds is 2. The number of carbonyl (C=O) groups is 1. The summed E-state index contributed by atoms with van der Waals surface area (Å²) in [6.45, 7) is 3.39. The van der Waals surface area contributed by atoms with Gasteiger partial charge in [0.1, 0.15) is 5.69 Å². The molecular formula is C12H14ClN3O3. The van der Waals surface area contributed by atoms with Crippen LogP contribution in [0.4, 0.5) is 11.4 Å². The fraction of sp³-hybridized carbons (Fsp3) is 0.417. The lowest BCUT2D eigenvalue weighted by molar-refractivity contribution is -0.383. The lowest BCUT2D eigenvalue weighted by Crippen LogP contribution is -2.28. The third-order valence-corrected chi connectivity index (χ3v) is 3.58. The molecule has 1 aromatic rings. The molecule has 1 unspecified atom stereocenters. The van der Waals surface area contributed by atoms with Gasteiger partial charge in [0.2, 0.25) is 0 Å². The fourth-order valence-corrected chi connectivity index (χ4v) is 2.39. The number of nitrogens with zero attached hydrogens (tertiary/aromatic N) is 2. The number of nitro groups is 1. The van der Waals surface area contributed by atoms with Gasteiger partial charge in [-0.3, -0.25) is 14.9 Å². The molecule has 0 aliphatic carbocycles. The number of hydrogen-bond donors (Lipinski definition) is 1. The summed E-state index contributed by atoms with van der Waals surface area (Å²) in [6.07, 6.45) is 0.941. The van der Waals surface area contributed by atoms with E-state index in [-0.39, 0.29) is 27.9 Å². The lowest BCUT2D eigenvalue weighted by atomic mass is 10.1. The Morgan fingerprint density at radius 3 is 2.79 bits per heavy atom. The summed E-state index contributed by atoms with van der Waals surface area (Å²) < 4.78 is 0. The van der Waals surface area contributed by atoms with E-state index in [1.54, 1.807) is 4.90 Å². The summed E-state index contributed by atoms with van der Waals surface area (Å²) in [5.74, 6) is 0.206. The van der Waals surface area contributed by atoms with Gasteiger partial charge in [-0.05, 0) is 18.4 Å².